The van der Waals surface area contributed by atoms with Gasteiger partial charge in [-0.1, -0.05) is 43.7 Å². The van der Waals surface area contributed by atoms with Crippen molar-refractivity contribution in [2.75, 3.05) is 13.1 Å². The number of aryl methyl sites for hydroxylation is 1. The predicted octanol–water partition coefficient (Wildman–Crippen LogP) is 3.98. The van der Waals surface area contributed by atoms with Crippen molar-refractivity contribution in [3.63, 3.8) is 0 Å². The van der Waals surface area contributed by atoms with E-state index in [4.69, 9.17) is 0 Å². The molecule has 0 fully saturated rings. The van der Waals surface area contributed by atoms with Crippen LogP contribution >= 0.6 is 0 Å². The molecular formula is C15H23F2N. The van der Waals surface area contributed by atoms with Crippen molar-refractivity contribution >= 4 is 0 Å². The van der Waals surface area contributed by atoms with Crippen molar-refractivity contribution in [1.82, 2.24) is 5.32 Å². The zero-order chi connectivity index (χ0) is 13.8. The second-order valence-electron chi connectivity index (χ2n) is 5.38. The molecule has 2 atom stereocenters. The third-order valence-electron chi connectivity index (χ3n) is 3.36. The van der Waals surface area contributed by atoms with E-state index in [0.29, 0.717) is 18.4 Å². The van der Waals surface area contributed by atoms with Crippen LogP contribution in [0.15, 0.2) is 24.3 Å². The zero-order valence-electron chi connectivity index (χ0n) is 11.6. The second kappa shape index (κ2) is 6.28. The molecule has 3 heteroatoms. The van der Waals surface area contributed by atoms with Gasteiger partial charge in [-0.15, -0.1) is 0 Å². The van der Waals surface area contributed by atoms with E-state index < -0.39 is 5.92 Å². The van der Waals surface area contributed by atoms with Crippen LogP contribution in [0.5, 0.6) is 0 Å². The molecule has 0 aliphatic rings. The number of benzene rings is 1. The molecule has 1 N–H and O–H groups in total. The average molecular weight is 255 g/mol. The Morgan fingerprint density at radius 3 is 2.22 bits per heavy atom. The van der Waals surface area contributed by atoms with Gasteiger partial charge in [0.1, 0.15) is 0 Å². The number of nitrogens with one attached hydrogen (secondary N) is 1. The topological polar surface area (TPSA) is 12.0 Å². The number of rotatable bonds is 6. The molecule has 0 saturated carbocycles. The highest BCUT2D eigenvalue weighted by atomic mass is 19.3. The van der Waals surface area contributed by atoms with Crippen molar-refractivity contribution in [3.8, 4) is 0 Å². The fraction of sp³-hybridized carbons (Fsp3) is 0.600. The van der Waals surface area contributed by atoms with E-state index in [2.05, 4.69) is 50.4 Å². The Morgan fingerprint density at radius 2 is 1.72 bits per heavy atom. The number of alkyl halides is 2. The van der Waals surface area contributed by atoms with E-state index in [1.54, 1.807) is 0 Å². The van der Waals surface area contributed by atoms with Crippen LogP contribution in [0.1, 0.15) is 37.8 Å². The van der Waals surface area contributed by atoms with Crippen LogP contribution in [0.3, 0.4) is 0 Å². The van der Waals surface area contributed by atoms with Crippen molar-refractivity contribution in [1.29, 1.82) is 0 Å². The van der Waals surface area contributed by atoms with E-state index >= 15 is 0 Å². The van der Waals surface area contributed by atoms with E-state index in [1.807, 2.05) is 0 Å². The summed E-state index contributed by atoms with van der Waals surface area (Å²) in [5, 5.41) is 2.84. The van der Waals surface area contributed by atoms with Crippen LogP contribution in [0.25, 0.3) is 0 Å². The number of halogens is 2. The van der Waals surface area contributed by atoms with Gasteiger partial charge in [0.05, 0.1) is 6.54 Å². The minimum Gasteiger partial charge on any atom is -0.311 e. The Bertz CT molecular complexity index is 354. The zero-order valence-corrected chi connectivity index (χ0v) is 11.6. The molecule has 0 aliphatic heterocycles. The summed E-state index contributed by atoms with van der Waals surface area (Å²) in [6.45, 7) is 7.58. The van der Waals surface area contributed by atoms with Gasteiger partial charge in [0.15, 0.2) is 0 Å². The first-order valence-corrected chi connectivity index (χ1v) is 6.44. The molecule has 0 aliphatic carbocycles. The summed E-state index contributed by atoms with van der Waals surface area (Å²) >= 11 is 0. The Hall–Kier alpha value is -0.960. The van der Waals surface area contributed by atoms with Gasteiger partial charge in [0.2, 0.25) is 0 Å². The van der Waals surface area contributed by atoms with Gasteiger partial charge in [0.25, 0.3) is 5.92 Å². The van der Waals surface area contributed by atoms with Crippen LogP contribution in [-0.2, 0) is 0 Å². The van der Waals surface area contributed by atoms with Crippen molar-refractivity contribution in [3.05, 3.63) is 35.4 Å². The molecular weight excluding hydrogens is 232 g/mol. The standard InChI is InChI=1S/C15H23F2N/c1-11-5-7-14(8-6-11)13(3)12(2)9-18-10-15(4,16)17/h5-8,12-13,18H,9-10H2,1-4H3. The minimum absolute atomic E-state index is 0.252. The van der Waals surface area contributed by atoms with Gasteiger partial charge in [-0.2, -0.15) is 0 Å². The normalized spacial score (nSPS) is 15.4. The largest absolute Gasteiger partial charge is 0.311 e. The highest BCUT2D eigenvalue weighted by molar-refractivity contribution is 5.24. The van der Waals surface area contributed by atoms with Gasteiger partial charge in [-0.25, -0.2) is 8.78 Å². The lowest BCUT2D eigenvalue weighted by Gasteiger charge is -2.22. The van der Waals surface area contributed by atoms with E-state index in [1.165, 1.54) is 11.1 Å². The maximum Gasteiger partial charge on any atom is 0.257 e. The summed E-state index contributed by atoms with van der Waals surface area (Å²) in [6.07, 6.45) is 0. The van der Waals surface area contributed by atoms with Crippen molar-refractivity contribution < 1.29 is 8.78 Å². The molecule has 1 rings (SSSR count). The van der Waals surface area contributed by atoms with E-state index in [9.17, 15) is 8.78 Å². The molecule has 0 radical (unpaired) electrons. The fourth-order valence-electron chi connectivity index (χ4n) is 1.89. The molecule has 1 nitrogen and oxygen atoms in total. The van der Waals surface area contributed by atoms with Gasteiger partial charge in [-0.05, 0) is 30.9 Å². The first kappa shape index (κ1) is 15.1. The van der Waals surface area contributed by atoms with E-state index in [0.717, 1.165) is 6.92 Å². The summed E-state index contributed by atoms with van der Waals surface area (Å²) in [6, 6.07) is 8.41. The summed E-state index contributed by atoms with van der Waals surface area (Å²) in [5.74, 6) is -1.94. The quantitative estimate of drug-likeness (QED) is 0.810. The Labute approximate surface area is 109 Å². The Morgan fingerprint density at radius 1 is 1.17 bits per heavy atom. The minimum atomic E-state index is -2.63. The predicted molar refractivity (Wildman–Crippen MR) is 72.2 cm³/mol. The third kappa shape index (κ3) is 5.13. The van der Waals surface area contributed by atoms with Crippen LogP contribution in [0, 0.1) is 12.8 Å². The lowest BCUT2D eigenvalue weighted by Crippen LogP contribution is -2.33. The lowest BCUT2D eigenvalue weighted by atomic mass is 9.88. The maximum absolute atomic E-state index is 12.7. The molecule has 0 amide bonds. The SMILES string of the molecule is Cc1ccc(C(C)C(C)CNCC(C)(F)F)cc1. The molecule has 0 spiro atoms. The van der Waals surface area contributed by atoms with Crippen LogP contribution in [0.2, 0.25) is 0 Å². The Balaban J connectivity index is 2.46. The Kier molecular flexibility index (Phi) is 5.27. The fourth-order valence-corrected chi connectivity index (χ4v) is 1.89. The molecule has 18 heavy (non-hydrogen) atoms. The molecule has 1 aromatic rings. The first-order valence-electron chi connectivity index (χ1n) is 6.44. The van der Waals surface area contributed by atoms with Crippen LogP contribution < -0.4 is 5.32 Å². The average Bonchev–Trinajstić information content (AvgIpc) is 2.27. The molecule has 102 valence electrons. The summed E-state index contributed by atoms with van der Waals surface area (Å²) in [5.41, 5.74) is 2.50. The molecule has 1 aromatic carbocycles. The maximum atomic E-state index is 12.7. The monoisotopic (exact) mass is 255 g/mol. The molecule has 0 aromatic heterocycles. The van der Waals surface area contributed by atoms with Gasteiger partial charge >= 0.3 is 0 Å². The lowest BCUT2D eigenvalue weighted by molar-refractivity contribution is 0.0219. The first-order chi connectivity index (χ1) is 8.29. The van der Waals surface area contributed by atoms with Crippen molar-refractivity contribution in [2.45, 2.75) is 39.5 Å². The molecule has 0 bridgehead atoms. The molecule has 0 saturated heterocycles. The summed E-state index contributed by atoms with van der Waals surface area (Å²) < 4.78 is 25.4. The summed E-state index contributed by atoms with van der Waals surface area (Å²) in [7, 11) is 0. The van der Waals surface area contributed by atoms with Crippen molar-refractivity contribution in [2.24, 2.45) is 5.92 Å². The van der Waals surface area contributed by atoms with E-state index in [-0.39, 0.29) is 6.54 Å². The second-order valence-corrected chi connectivity index (χ2v) is 5.38. The summed E-state index contributed by atoms with van der Waals surface area (Å²) in [4.78, 5) is 0. The smallest absolute Gasteiger partial charge is 0.257 e. The number of hydrogen-bond acceptors (Lipinski definition) is 1. The third-order valence-corrected chi connectivity index (χ3v) is 3.36. The van der Waals surface area contributed by atoms with Gasteiger partial charge in [0, 0.05) is 6.92 Å². The highest BCUT2D eigenvalue weighted by Gasteiger charge is 2.21. The van der Waals surface area contributed by atoms with Gasteiger partial charge < -0.3 is 5.32 Å². The number of hydrogen-bond donors (Lipinski definition) is 1. The van der Waals surface area contributed by atoms with Gasteiger partial charge in [-0.3, -0.25) is 0 Å². The van der Waals surface area contributed by atoms with Crippen LogP contribution in [-0.4, -0.2) is 19.0 Å². The highest BCUT2D eigenvalue weighted by Crippen LogP contribution is 2.24. The molecule has 0 heterocycles. The van der Waals surface area contributed by atoms with Crippen LogP contribution in [0.4, 0.5) is 8.78 Å². The molecule has 2 unspecified atom stereocenters.